The van der Waals surface area contributed by atoms with Crippen molar-refractivity contribution in [3.8, 4) is 11.5 Å². The van der Waals surface area contributed by atoms with Gasteiger partial charge < -0.3 is 14.9 Å². The number of phenols is 2. The summed E-state index contributed by atoms with van der Waals surface area (Å²) in [6.45, 7) is 2.24. The maximum atomic E-state index is 12.3. The molecule has 0 amide bonds. The van der Waals surface area contributed by atoms with Crippen molar-refractivity contribution in [2.45, 2.75) is 13.3 Å². The van der Waals surface area contributed by atoms with Crippen LogP contribution in [0.15, 0.2) is 23.5 Å². The Morgan fingerprint density at radius 2 is 2.00 bits per heavy atom. The summed E-state index contributed by atoms with van der Waals surface area (Å²) in [5.74, 6) is 0.402. The molecule has 0 fully saturated rings. The third kappa shape index (κ3) is 1.27. The molecule has 2 aliphatic rings. The second kappa shape index (κ2) is 3.26. The first kappa shape index (κ1) is 10.2. The standard InChI is InChI=1S/C13H12O4/c1-6-11-7(5-17-6)4-8-9(14)2-3-10(15)12(8)13(11)16/h2-3,7,14-15H,4-5H2,1H3. The van der Waals surface area contributed by atoms with E-state index in [1.165, 1.54) is 12.1 Å². The largest absolute Gasteiger partial charge is 0.508 e. The number of carbonyl (C=O) groups excluding carboxylic acids is 1. The van der Waals surface area contributed by atoms with Gasteiger partial charge in [-0.3, -0.25) is 4.79 Å². The van der Waals surface area contributed by atoms with Gasteiger partial charge in [0.15, 0.2) is 5.78 Å². The van der Waals surface area contributed by atoms with Crippen molar-refractivity contribution in [1.82, 2.24) is 0 Å². The predicted octanol–water partition coefficient (Wildman–Crippen LogP) is 1.76. The van der Waals surface area contributed by atoms with Crippen molar-refractivity contribution >= 4 is 5.78 Å². The lowest BCUT2D eigenvalue weighted by atomic mass is 9.79. The van der Waals surface area contributed by atoms with E-state index in [0.29, 0.717) is 29.9 Å². The molecule has 1 aromatic rings. The van der Waals surface area contributed by atoms with Crippen molar-refractivity contribution in [1.29, 1.82) is 0 Å². The van der Waals surface area contributed by atoms with Crippen LogP contribution in [0.2, 0.25) is 0 Å². The molecule has 0 saturated carbocycles. The van der Waals surface area contributed by atoms with Gasteiger partial charge in [0.05, 0.1) is 12.2 Å². The zero-order valence-electron chi connectivity index (χ0n) is 9.36. The summed E-state index contributed by atoms with van der Waals surface area (Å²) in [4.78, 5) is 12.3. The van der Waals surface area contributed by atoms with E-state index in [0.717, 1.165) is 0 Å². The lowest BCUT2D eigenvalue weighted by Gasteiger charge is -2.22. The highest BCUT2D eigenvalue weighted by Gasteiger charge is 2.39. The highest BCUT2D eigenvalue weighted by atomic mass is 16.5. The molecule has 1 heterocycles. The minimum Gasteiger partial charge on any atom is -0.508 e. The number of rotatable bonds is 0. The van der Waals surface area contributed by atoms with Crippen molar-refractivity contribution in [3.63, 3.8) is 0 Å². The molecule has 1 aromatic carbocycles. The lowest BCUT2D eigenvalue weighted by molar-refractivity contribution is 0.101. The Hall–Kier alpha value is -1.97. The van der Waals surface area contributed by atoms with Crippen LogP contribution < -0.4 is 0 Å². The van der Waals surface area contributed by atoms with Crippen LogP contribution in [0.3, 0.4) is 0 Å². The predicted molar refractivity (Wildman–Crippen MR) is 59.9 cm³/mol. The molecule has 1 aliphatic heterocycles. The fourth-order valence-corrected chi connectivity index (χ4v) is 2.65. The molecule has 88 valence electrons. The van der Waals surface area contributed by atoms with Crippen molar-refractivity contribution in [2.75, 3.05) is 6.61 Å². The summed E-state index contributed by atoms with van der Waals surface area (Å²) in [6, 6.07) is 2.76. The number of carbonyl (C=O) groups is 1. The minimum absolute atomic E-state index is 0.00250. The molecule has 1 atom stereocenters. The van der Waals surface area contributed by atoms with E-state index in [1.54, 1.807) is 6.92 Å². The summed E-state index contributed by atoms with van der Waals surface area (Å²) in [5.41, 5.74) is 1.39. The lowest BCUT2D eigenvalue weighted by Crippen LogP contribution is -2.23. The maximum absolute atomic E-state index is 12.3. The average Bonchev–Trinajstić information content (AvgIpc) is 2.66. The molecule has 3 rings (SSSR count). The number of aromatic hydroxyl groups is 2. The van der Waals surface area contributed by atoms with Crippen molar-refractivity contribution < 1.29 is 19.7 Å². The number of hydrogen-bond acceptors (Lipinski definition) is 4. The van der Waals surface area contributed by atoms with Gasteiger partial charge in [-0.1, -0.05) is 0 Å². The highest BCUT2D eigenvalue weighted by Crippen LogP contribution is 2.42. The third-order valence-corrected chi connectivity index (χ3v) is 3.48. The van der Waals surface area contributed by atoms with Gasteiger partial charge in [-0.25, -0.2) is 0 Å². The molecule has 0 spiro atoms. The second-order valence-electron chi connectivity index (χ2n) is 4.47. The van der Waals surface area contributed by atoms with E-state index in [2.05, 4.69) is 0 Å². The number of phenolic OH excluding ortho intramolecular Hbond substituents is 2. The van der Waals surface area contributed by atoms with Gasteiger partial charge in [0, 0.05) is 17.1 Å². The van der Waals surface area contributed by atoms with Crippen LogP contribution >= 0.6 is 0 Å². The summed E-state index contributed by atoms with van der Waals surface area (Å²) >= 11 is 0. The van der Waals surface area contributed by atoms with Gasteiger partial charge >= 0.3 is 0 Å². The summed E-state index contributed by atoms with van der Waals surface area (Å²) < 4.78 is 5.38. The first-order valence-corrected chi connectivity index (χ1v) is 5.51. The Labute approximate surface area is 98.1 Å². The van der Waals surface area contributed by atoms with E-state index in [9.17, 15) is 15.0 Å². The number of ketones is 1. The second-order valence-corrected chi connectivity index (χ2v) is 4.47. The quantitative estimate of drug-likeness (QED) is 0.669. The Balaban J connectivity index is 2.25. The third-order valence-electron chi connectivity index (χ3n) is 3.48. The SMILES string of the molecule is CC1=C2C(=O)c3c(O)ccc(O)c3CC2CO1. The van der Waals surface area contributed by atoms with Crippen LogP contribution in [-0.4, -0.2) is 22.6 Å². The van der Waals surface area contributed by atoms with E-state index in [1.807, 2.05) is 0 Å². The molecule has 1 unspecified atom stereocenters. The molecule has 0 bridgehead atoms. The smallest absolute Gasteiger partial charge is 0.196 e. The van der Waals surface area contributed by atoms with Crippen LogP contribution in [0.5, 0.6) is 11.5 Å². The normalized spacial score (nSPS) is 22.2. The van der Waals surface area contributed by atoms with Crippen LogP contribution in [0.25, 0.3) is 0 Å². The minimum atomic E-state index is -0.223. The van der Waals surface area contributed by atoms with Crippen molar-refractivity contribution in [3.05, 3.63) is 34.6 Å². The molecular weight excluding hydrogens is 220 g/mol. The van der Waals surface area contributed by atoms with Crippen molar-refractivity contribution in [2.24, 2.45) is 5.92 Å². The number of Topliss-reactive ketones (excluding diaryl/α,β-unsaturated/α-hetero) is 1. The molecule has 4 nitrogen and oxygen atoms in total. The molecule has 0 aromatic heterocycles. The van der Waals surface area contributed by atoms with Gasteiger partial charge in [0.1, 0.15) is 17.3 Å². The number of hydrogen-bond donors (Lipinski definition) is 2. The number of ether oxygens (including phenoxy) is 1. The summed E-state index contributed by atoms with van der Waals surface area (Å²) in [6.07, 6.45) is 0.536. The number of benzene rings is 1. The molecule has 2 N–H and O–H groups in total. The van der Waals surface area contributed by atoms with Crippen LogP contribution in [0.4, 0.5) is 0 Å². The Morgan fingerprint density at radius 3 is 2.76 bits per heavy atom. The zero-order chi connectivity index (χ0) is 12.2. The fraction of sp³-hybridized carbons (Fsp3) is 0.308. The Bertz CT molecular complexity index is 557. The molecule has 0 saturated heterocycles. The van der Waals surface area contributed by atoms with E-state index >= 15 is 0 Å². The monoisotopic (exact) mass is 232 g/mol. The Kier molecular flexibility index (Phi) is 1.96. The molecule has 0 radical (unpaired) electrons. The van der Waals surface area contributed by atoms with Crippen LogP contribution in [0.1, 0.15) is 22.8 Å². The first-order valence-electron chi connectivity index (χ1n) is 5.51. The summed E-state index contributed by atoms with van der Waals surface area (Å²) in [5, 5.41) is 19.5. The fourth-order valence-electron chi connectivity index (χ4n) is 2.65. The van der Waals surface area contributed by atoms with E-state index < -0.39 is 0 Å². The Morgan fingerprint density at radius 1 is 1.29 bits per heavy atom. The molecule has 4 heteroatoms. The molecule has 17 heavy (non-hydrogen) atoms. The average molecular weight is 232 g/mol. The molecular formula is C13H12O4. The van der Waals surface area contributed by atoms with Gasteiger partial charge in [-0.2, -0.15) is 0 Å². The highest BCUT2D eigenvalue weighted by molar-refractivity contribution is 6.13. The van der Waals surface area contributed by atoms with Gasteiger partial charge in [-0.15, -0.1) is 0 Å². The number of fused-ring (bicyclic) bond motifs is 2. The van der Waals surface area contributed by atoms with Gasteiger partial charge in [0.2, 0.25) is 0 Å². The summed E-state index contributed by atoms with van der Waals surface area (Å²) in [7, 11) is 0. The molecule has 1 aliphatic carbocycles. The first-order chi connectivity index (χ1) is 8.09. The van der Waals surface area contributed by atoms with Crippen LogP contribution in [-0.2, 0) is 11.2 Å². The van der Waals surface area contributed by atoms with E-state index in [-0.39, 0.29) is 28.8 Å². The number of allylic oxidation sites excluding steroid dienone is 1. The van der Waals surface area contributed by atoms with Crippen LogP contribution in [0, 0.1) is 5.92 Å². The van der Waals surface area contributed by atoms with E-state index in [4.69, 9.17) is 4.74 Å². The van der Waals surface area contributed by atoms with Gasteiger partial charge in [-0.05, 0) is 25.5 Å². The maximum Gasteiger partial charge on any atom is 0.196 e. The zero-order valence-corrected chi connectivity index (χ0v) is 9.36. The van der Waals surface area contributed by atoms with Gasteiger partial charge in [0.25, 0.3) is 0 Å². The topological polar surface area (TPSA) is 66.8 Å².